The van der Waals surface area contributed by atoms with Gasteiger partial charge in [0.15, 0.2) is 18.2 Å². The van der Waals surface area contributed by atoms with E-state index in [4.69, 9.17) is 14.2 Å². The Hall–Kier alpha value is -3.49. The van der Waals surface area contributed by atoms with Crippen LogP contribution in [0.1, 0.15) is 6.92 Å². The Kier molecular flexibility index (Phi) is 6.60. The van der Waals surface area contributed by atoms with Crippen molar-refractivity contribution in [2.24, 2.45) is 0 Å². The molecule has 0 fully saturated rings. The van der Waals surface area contributed by atoms with Crippen molar-refractivity contribution in [1.29, 1.82) is 0 Å². The molecule has 0 bridgehead atoms. The van der Waals surface area contributed by atoms with Crippen molar-refractivity contribution in [2.45, 2.75) is 6.92 Å². The number of non-ortho nitro benzene ring substituents is 1. The second kappa shape index (κ2) is 9.11. The van der Waals surface area contributed by atoms with Crippen molar-refractivity contribution < 1.29 is 23.9 Å². The number of benzene rings is 2. The zero-order valence-corrected chi connectivity index (χ0v) is 14.4. The van der Waals surface area contributed by atoms with Gasteiger partial charge in [-0.25, -0.2) is 4.79 Å². The number of amides is 2. The van der Waals surface area contributed by atoms with Gasteiger partial charge >= 0.3 is 6.03 Å². The first kappa shape index (κ1) is 18.8. The largest absolute Gasteiger partial charge is 0.495 e. The Bertz CT molecular complexity index is 781. The predicted molar refractivity (Wildman–Crippen MR) is 94.9 cm³/mol. The highest BCUT2D eigenvalue weighted by Gasteiger charge is 2.13. The van der Waals surface area contributed by atoms with Crippen molar-refractivity contribution in [1.82, 2.24) is 5.32 Å². The van der Waals surface area contributed by atoms with Gasteiger partial charge < -0.3 is 24.8 Å². The lowest BCUT2D eigenvalue weighted by molar-refractivity contribution is -0.384. The predicted octanol–water partition coefficient (Wildman–Crippen LogP) is 3.16. The van der Waals surface area contributed by atoms with E-state index in [1.807, 2.05) is 13.0 Å². The highest BCUT2D eigenvalue weighted by atomic mass is 16.6. The number of hydrogen-bond acceptors (Lipinski definition) is 6. The van der Waals surface area contributed by atoms with E-state index < -0.39 is 11.0 Å². The van der Waals surface area contributed by atoms with Crippen LogP contribution in [0.2, 0.25) is 0 Å². The van der Waals surface area contributed by atoms with E-state index in [2.05, 4.69) is 10.6 Å². The number of rotatable bonds is 8. The summed E-state index contributed by atoms with van der Waals surface area (Å²) in [5.41, 5.74) is 0.0110. The van der Waals surface area contributed by atoms with E-state index in [1.54, 1.807) is 18.2 Å². The van der Waals surface area contributed by atoms with Crippen molar-refractivity contribution >= 4 is 17.4 Å². The number of carbonyl (C=O) groups is 1. The van der Waals surface area contributed by atoms with Gasteiger partial charge in [0.05, 0.1) is 24.3 Å². The van der Waals surface area contributed by atoms with Gasteiger partial charge in [0.25, 0.3) is 5.69 Å². The van der Waals surface area contributed by atoms with Crippen LogP contribution in [0.3, 0.4) is 0 Å². The molecule has 2 amide bonds. The van der Waals surface area contributed by atoms with Gasteiger partial charge in [-0.05, 0) is 25.1 Å². The summed E-state index contributed by atoms with van der Waals surface area (Å²) < 4.78 is 16.0. The van der Waals surface area contributed by atoms with Gasteiger partial charge in [-0.1, -0.05) is 12.1 Å². The van der Waals surface area contributed by atoms with Gasteiger partial charge in [0.1, 0.15) is 5.75 Å². The second-order valence-corrected chi connectivity index (χ2v) is 4.94. The maximum Gasteiger partial charge on any atom is 0.321 e. The fourth-order valence-corrected chi connectivity index (χ4v) is 2.10. The van der Waals surface area contributed by atoms with Crippen molar-refractivity contribution in [3.63, 3.8) is 0 Å². The monoisotopic (exact) mass is 361 g/mol. The Morgan fingerprint density at radius 2 is 1.81 bits per heavy atom. The highest BCUT2D eigenvalue weighted by molar-refractivity contribution is 5.91. The molecular weight excluding hydrogens is 342 g/mol. The summed E-state index contributed by atoms with van der Waals surface area (Å²) in [5.74, 6) is 1.36. The molecule has 0 saturated heterocycles. The summed E-state index contributed by atoms with van der Waals surface area (Å²) in [7, 11) is 1.40. The third-order valence-electron chi connectivity index (χ3n) is 3.25. The van der Waals surface area contributed by atoms with Crippen LogP contribution in [0.25, 0.3) is 0 Å². The van der Waals surface area contributed by atoms with Crippen molar-refractivity contribution in [3.8, 4) is 17.2 Å². The molecule has 0 aliphatic rings. The van der Waals surface area contributed by atoms with Crippen LogP contribution in [0.5, 0.6) is 17.2 Å². The second-order valence-electron chi connectivity index (χ2n) is 4.94. The summed E-state index contributed by atoms with van der Waals surface area (Å²) in [6, 6.07) is 10.4. The number of nitrogens with one attached hydrogen (secondary N) is 2. The first-order chi connectivity index (χ1) is 12.5. The minimum atomic E-state index is -0.599. The first-order valence-electron chi connectivity index (χ1n) is 7.77. The van der Waals surface area contributed by atoms with Gasteiger partial charge in [-0.2, -0.15) is 0 Å². The molecule has 2 rings (SSSR count). The third kappa shape index (κ3) is 5.00. The van der Waals surface area contributed by atoms with Gasteiger partial charge in [-0.15, -0.1) is 0 Å². The number of ether oxygens (including phenoxy) is 3. The zero-order chi connectivity index (χ0) is 18.9. The summed E-state index contributed by atoms with van der Waals surface area (Å²) in [4.78, 5) is 22.3. The molecule has 0 spiro atoms. The molecule has 0 saturated carbocycles. The molecule has 2 aromatic rings. The maximum atomic E-state index is 12.0. The fourth-order valence-electron chi connectivity index (χ4n) is 2.10. The molecule has 9 nitrogen and oxygen atoms in total. The van der Waals surface area contributed by atoms with Crippen LogP contribution >= 0.6 is 0 Å². The molecule has 0 aromatic heterocycles. The van der Waals surface area contributed by atoms with Crippen LogP contribution in [-0.2, 0) is 0 Å². The zero-order valence-electron chi connectivity index (χ0n) is 14.4. The third-order valence-corrected chi connectivity index (χ3v) is 3.25. The Balaban J connectivity index is 1.95. The molecule has 9 heteroatoms. The van der Waals surface area contributed by atoms with E-state index in [0.717, 1.165) is 0 Å². The van der Waals surface area contributed by atoms with Gasteiger partial charge in [0, 0.05) is 12.1 Å². The van der Waals surface area contributed by atoms with Crippen LogP contribution in [0.4, 0.5) is 16.2 Å². The number of carbonyl (C=O) groups excluding carboxylic acids is 1. The summed E-state index contributed by atoms with van der Waals surface area (Å²) in [5, 5.41) is 15.8. The Morgan fingerprint density at radius 1 is 1.12 bits per heavy atom. The quantitative estimate of drug-likeness (QED) is 0.424. The van der Waals surface area contributed by atoms with Crippen LogP contribution in [-0.4, -0.2) is 31.4 Å². The normalized spacial score (nSPS) is 9.92. The van der Waals surface area contributed by atoms with Crippen LogP contribution in [0.15, 0.2) is 42.5 Å². The SMILES string of the molecule is CCOc1ccccc1OCNC(=O)Nc1cc([N+](=O)[O-])ccc1OC. The number of para-hydroxylation sites is 2. The van der Waals surface area contributed by atoms with Gasteiger partial charge in [-0.3, -0.25) is 10.1 Å². The van der Waals surface area contributed by atoms with E-state index in [0.29, 0.717) is 23.9 Å². The topological polar surface area (TPSA) is 112 Å². The van der Waals surface area contributed by atoms with Crippen LogP contribution < -0.4 is 24.8 Å². The molecule has 2 aromatic carbocycles. The summed E-state index contributed by atoms with van der Waals surface area (Å²) >= 11 is 0. The van der Waals surface area contributed by atoms with Gasteiger partial charge in [0.2, 0.25) is 0 Å². The molecular formula is C17H19N3O6. The number of methoxy groups -OCH3 is 1. The van der Waals surface area contributed by atoms with Crippen molar-refractivity contribution in [2.75, 3.05) is 25.8 Å². The smallest absolute Gasteiger partial charge is 0.321 e. The minimum absolute atomic E-state index is 0.118. The number of anilines is 1. The number of nitro benzene ring substituents is 1. The lowest BCUT2D eigenvalue weighted by atomic mass is 10.2. The van der Waals surface area contributed by atoms with E-state index >= 15 is 0 Å². The highest BCUT2D eigenvalue weighted by Crippen LogP contribution is 2.29. The Morgan fingerprint density at radius 3 is 2.42 bits per heavy atom. The molecule has 26 heavy (non-hydrogen) atoms. The van der Waals surface area contributed by atoms with E-state index in [1.165, 1.54) is 25.3 Å². The Labute approximate surface area is 150 Å². The average molecular weight is 361 g/mol. The molecule has 138 valence electrons. The lowest BCUT2D eigenvalue weighted by Crippen LogP contribution is -2.32. The number of urea groups is 1. The molecule has 0 heterocycles. The van der Waals surface area contributed by atoms with E-state index in [9.17, 15) is 14.9 Å². The summed E-state index contributed by atoms with van der Waals surface area (Å²) in [6.45, 7) is 2.23. The van der Waals surface area contributed by atoms with Crippen molar-refractivity contribution in [3.05, 3.63) is 52.6 Å². The van der Waals surface area contributed by atoms with Crippen LogP contribution in [0, 0.1) is 10.1 Å². The molecule has 0 atom stereocenters. The standard InChI is InChI=1S/C17H19N3O6/c1-3-25-15-6-4-5-7-16(15)26-11-18-17(21)19-13-10-12(20(22)23)8-9-14(13)24-2/h4-10H,3,11H2,1-2H3,(H2,18,19,21). The molecule has 0 unspecified atom stereocenters. The minimum Gasteiger partial charge on any atom is -0.495 e. The maximum absolute atomic E-state index is 12.0. The molecule has 0 radical (unpaired) electrons. The number of hydrogen-bond donors (Lipinski definition) is 2. The molecule has 0 aliphatic carbocycles. The average Bonchev–Trinajstić information content (AvgIpc) is 2.63. The molecule has 2 N–H and O–H groups in total. The first-order valence-corrected chi connectivity index (χ1v) is 7.77. The number of nitro groups is 1. The lowest BCUT2D eigenvalue weighted by Gasteiger charge is -2.13. The molecule has 0 aliphatic heterocycles. The summed E-state index contributed by atoms with van der Waals surface area (Å²) in [6.07, 6.45) is 0. The number of nitrogens with zero attached hydrogens (tertiary/aromatic N) is 1. The fraction of sp³-hybridized carbons (Fsp3) is 0.235. The van der Waals surface area contributed by atoms with E-state index in [-0.39, 0.29) is 18.1 Å².